The molecule has 0 saturated carbocycles. The molecule has 1 aliphatic heterocycles. The summed E-state index contributed by atoms with van der Waals surface area (Å²) in [4.78, 5) is 11.9. The number of nitrogens with one attached hydrogen (secondary N) is 2. The Labute approximate surface area is 99.3 Å². The van der Waals surface area contributed by atoms with Crippen molar-refractivity contribution in [1.29, 1.82) is 0 Å². The zero-order chi connectivity index (χ0) is 11.5. The SMILES string of the molecule is c1ccc(-c2cnc(C3CNCCO3)[nH]2)nc1. The summed E-state index contributed by atoms with van der Waals surface area (Å²) in [6.45, 7) is 2.43. The Balaban J connectivity index is 1.83. The van der Waals surface area contributed by atoms with Crippen molar-refractivity contribution in [2.45, 2.75) is 6.10 Å². The van der Waals surface area contributed by atoms with Gasteiger partial charge < -0.3 is 15.0 Å². The summed E-state index contributed by atoms with van der Waals surface area (Å²) in [7, 11) is 0. The van der Waals surface area contributed by atoms with Gasteiger partial charge in [-0.15, -0.1) is 0 Å². The summed E-state index contributed by atoms with van der Waals surface area (Å²) in [5.74, 6) is 0.859. The monoisotopic (exact) mass is 230 g/mol. The fourth-order valence-corrected chi connectivity index (χ4v) is 1.89. The van der Waals surface area contributed by atoms with Crippen LogP contribution >= 0.6 is 0 Å². The van der Waals surface area contributed by atoms with Crippen LogP contribution in [-0.4, -0.2) is 34.6 Å². The van der Waals surface area contributed by atoms with Crippen LogP contribution in [0, 0.1) is 0 Å². The van der Waals surface area contributed by atoms with E-state index in [1.165, 1.54) is 0 Å². The van der Waals surface area contributed by atoms with Crippen molar-refractivity contribution in [2.24, 2.45) is 0 Å². The third-order valence-electron chi connectivity index (χ3n) is 2.77. The standard InChI is InChI=1S/C12H14N4O/c1-2-4-14-9(3-1)10-7-15-12(16-10)11-8-13-5-6-17-11/h1-4,7,11,13H,5-6,8H2,(H,15,16). The number of hydrogen-bond donors (Lipinski definition) is 2. The molecule has 17 heavy (non-hydrogen) atoms. The van der Waals surface area contributed by atoms with Crippen LogP contribution in [0.5, 0.6) is 0 Å². The molecule has 1 atom stereocenters. The molecule has 2 aromatic heterocycles. The van der Waals surface area contributed by atoms with E-state index in [1.54, 1.807) is 12.4 Å². The van der Waals surface area contributed by atoms with Gasteiger partial charge in [0.2, 0.25) is 0 Å². The van der Waals surface area contributed by atoms with Crippen molar-refractivity contribution in [2.75, 3.05) is 19.7 Å². The van der Waals surface area contributed by atoms with E-state index >= 15 is 0 Å². The van der Waals surface area contributed by atoms with Crippen LogP contribution in [0.15, 0.2) is 30.6 Å². The second-order valence-corrected chi connectivity index (χ2v) is 3.96. The minimum absolute atomic E-state index is 0.0150. The Morgan fingerprint density at radius 1 is 1.29 bits per heavy atom. The average Bonchev–Trinajstić information content (AvgIpc) is 2.90. The number of morpholine rings is 1. The molecule has 2 aromatic rings. The van der Waals surface area contributed by atoms with E-state index < -0.39 is 0 Å². The maximum Gasteiger partial charge on any atom is 0.137 e. The maximum atomic E-state index is 5.64. The van der Waals surface area contributed by atoms with E-state index in [-0.39, 0.29) is 6.10 Å². The Hall–Kier alpha value is -1.72. The van der Waals surface area contributed by atoms with Gasteiger partial charge in [-0.05, 0) is 12.1 Å². The molecule has 88 valence electrons. The van der Waals surface area contributed by atoms with E-state index in [9.17, 15) is 0 Å². The average molecular weight is 230 g/mol. The second-order valence-electron chi connectivity index (χ2n) is 3.96. The Kier molecular flexibility index (Phi) is 2.85. The predicted molar refractivity (Wildman–Crippen MR) is 63.4 cm³/mol. The largest absolute Gasteiger partial charge is 0.368 e. The Bertz CT molecular complexity index is 476. The molecule has 0 aromatic carbocycles. The van der Waals surface area contributed by atoms with E-state index in [4.69, 9.17) is 4.74 Å². The molecule has 0 amide bonds. The highest BCUT2D eigenvalue weighted by Crippen LogP contribution is 2.19. The first kappa shape index (κ1) is 10.4. The van der Waals surface area contributed by atoms with Gasteiger partial charge in [0, 0.05) is 19.3 Å². The lowest BCUT2D eigenvalue weighted by atomic mass is 10.3. The van der Waals surface area contributed by atoms with E-state index in [0.717, 1.165) is 36.9 Å². The lowest BCUT2D eigenvalue weighted by molar-refractivity contribution is 0.0227. The van der Waals surface area contributed by atoms with Crippen LogP contribution in [0.3, 0.4) is 0 Å². The predicted octanol–water partition coefficient (Wildman–Crippen LogP) is 1.13. The number of rotatable bonds is 2. The molecule has 1 saturated heterocycles. The highest BCUT2D eigenvalue weighted by atomic mass is 16.5. The summed E-state index contributed by atoms with van der Waals surface area (Å²) < 4.78 is 5.64. The Morgan fingerprint density at radius 2 is 2.29 bits per heavy atom. The van der Waals surface area contributed by atoms with Gasteiger partial charge in [0.25, 0.3) is 0 Å². The maximum absolute atomic E-state index is 5.64. The first-order valence-electron chi connectivity index (χ1n) is 5.72. The number of aromatic nitrogens is 3. The summed E-state index contributed by atoms with van der Waals surface area (Å²) >= 11 is 0. The number of hydrogen-bond acceptors (Lipinski definition) is 4. The second kappa shape index (κ2) is 4.65. The lowest BCUT2D eigenvalue weighted by Gasteiger charge is -2.21. The first-order chi connectivity index (χ1) is 8.43. The minimum Gasteiger partial charge on any atom is -0.368 e. The molecule has 3 rings (SSSR count). The highest BCUT2D eigenvalue weighted by Gasteiger charge is 2.18. The van der Waals surface area contributed by atoms with Crippen LogP contribution in [0.25, 0.3) is 11.4 Å². The third kappa shape index (κ3) is 2.20. The molecule has 0 bridgehead atoms. The van der Waals surface area contributed by atoms with Gasteiger partial charge in [-0.1, -0.05) is 6.07 Å². The van der Waals surface area contributed by atoms with E-state index in [1.807, 2.05) is 18.2 Å². The Morgan fingerprint density at radius 3 is 3.06 bits per heavy atom. The molecule has 1 fully saturated rings. The van der Waals surface area contributed by atoms with E-state index in [2.05, 4.69) is 20.3 Å². The van der Waals surface area contributed by atoms with E-state index in [0.29, 0.717) is 0 Å². The summed E-state index contributed by atoms with van der Waals surface area (Å²) in [6, 6.07) is 5.81. The van der Waals surface area contributed by atoms with Crippen molar-refractivity contribution < 1.29 is 4.74 Å². The topological polar surface area (TPSA) is 62.8 Å². The van der Waals surface area contributed by atoms with Crippen molar-refractivity contribution >= 4 is 0 Å². The molecule has 5 nitrogen and oxygen atoms in total. The van der Waals surface area contributed by atoms with Gasteiger partial charge in [0.15, 0.2) is 0 Å². The number of nitrogens with zero attached hydrogens (tertiary/aromatic N) is 2. The molecule has 2 N–H and O–H groups in total. The van der Waals surface area contributed by atoms with Crippen LogP contribution < -0.4 is 5.32 Å². The quantitative estimate of drug-likeness (QED) is 0.812. The van der Waals surface area contributed by atoms with Crippen molar-refractivity contribution in [3.63, 3.8) is 0 Å². The van der Waals surface area contributed by atoms with Crippen LogP contribution in [-0.2, 0) is 4.74 Å². The summed E-state index contributed by atoms with van der Waals surface area (Å²) in [6.07, 6.45) is 3.59. The van der Waals surface area contributed by atoms with Crippen molar-refractivity contribution in [3.05, 3.63) is 36.4 Å². The molecular formula is C12H14N4O. The summed E-state index contributed by atoms with van der Waals surface area (Å²) in [5, 5.41) is 3.28. The van der Waals surface area contributed by atoms with Crippen molar-refractivity contribution in [1.82, 2.24) is 20.3 Å². The van der Waals surface area contributed by atoms with Gasteiger partial charge >= 0.3 is 0 Å². The molecule has 0 spiro atoms. The van der Waals surface area contributed by atoms with Crippen molar-refractivity contribution in [3.8, 4) is 11.4 Å². The zero-order valence-electron chi connectivity index (χ0n) is 9.39. The van der Waals surface area contributed by atoms with Crippen LogP contribution in [0.4, 0.5) is 0 Å². The van der Waals surface area contributed by atoms with Crippen LogP contribution in [0.1, 0.15) is 11.9 Å². The smallest absolute Gasteiger partial charge is 0.137 e. The van der Waals surface area contributed by atoms with Crippen LogP contribution in [0.2, 0.25) is 0 Å². The molecule has 0 aliphatic carbocycles. The lowest BCUT2D eigenvalue weighted by Crippen LogP contribution is -2.33. The fraction of sp³-hybridized carbons (Fsp3) is 0.333. The normalized spacial score (nSPS) is 20.4. The first-order valence-corrected chi connectivity index (χ1v) is 5.72. The van der Waals surface area contributed by atoms with Gasteiger partial charge in [-0.3, -0.25) is 4.98 Å². The summed E-state index contributed by atoms with van der Waals surface area (Å²) in [5.41, 5.74) is 1.82. The number of ether oxygens (including phenoxy) is 1. The fourth-order valence-electron chi connectivity index (χ4n) is 1.89. The molecule has 1 unspecified atom stereocenters. The van der Waals surface area contributed by atoms with Gasteiger partial charge in [0.1, 0.15) is 11.9 Å². The van der Waals surface area contributed by atoms with Gasteiger partial charge in [-0.2, -0.15) is 0 Å². The molecule has 5 heteroatoms. The molecule has 1 aliphatic rings. The number of pyridine rings is 1. The molecule has 3 heterocycles. The minimum atomic E-state index is 0.0150. The molecular weight excluding hydrogens is 216 g/mol. The highest BCUT2D eigenvalue weighted by molar-refractivity contribution is 5.52. The van der Waals surface area contributed by atoms with Gasteiger partial charge in [0.05, 0.1) is 24.2 Å². The number of imidazole rings is 1. The number of H-pyrrole nitrogens is 1. The van der Waals surface area contributed by atoms with Gasteiger partial charge in [-0.25, -0.2) is 4.98 Å². The zero-order valence-corrected chi connectivity index (χ0v) is 9.39. The third-order valence-corrected chi connectivity index (χ3v) is 2.77. The number of aromatic amines is 1. The molecule has 0 radical (unpaired) electrons.